The van der Waals surface area contributed by atoms with Crippen LogP contribution in [0, 0.1) is 24.6 Å². The predicted octanol–water partition coefficient (Wildman–Crippen LogP) is 2.33. The third-order valence-electron chi connectivity index (χ3n) is 6.95. The number of rotatable bonds is 12. The summed E-state index contributed by atoms with van der Waals surface area (Å²) in [6.07, 6.45) is 7.04. The SMILES string of the molecule is CCN(C)C[C@@H]1CCCN1c1nc(C)nc(NNC(=O)[C@H](CC2CCCC2)CN(O)C=O)c1F. The number of anilines is 2. The van der Waals surface area contributed by atoms with E-state index in [0.717, 1.165) is 51.6 Å². The topological polar surface area (TPSA) is 114 Å². The predicted molar refractivity (Wildman–Crippen MR) is 127 cm³/mol. The van der Waals surface area contributed by atoms with Crippen LogP contribution in [0.2, 0.25) is 0 Å². The summed E-state index contributed by atoms with van der Waals surface area (Å²) >= 11 is 0. The van der Waals surface area contributed by atoms with E-state index in [-0.39, 0.29) is 30.6 Å². The van der Waals surface area contributed by atoms with Gasteiger partial charge in [-0.25, -0.2) is 15.0 Å². The summed E-state index contributed by atoms with van der Waals surface area (Å²) in [7, 11) is 2.04. The Morgan fingerprint density at radius 2 is 2.03 bits per heavy atom. The van der Waals surface area contributed by atoms with Crippen LogP contribution in [-0.2, 0) is 9.59 Å². The number of nitrogens with zero attached hydrogens (tertiary/aromatic N) is 5. The lowest BCUT2D eigenvalue weighted by atomic mass is 9.92. The molecule has 2 fully saturated rings. The highest BCUT2D eigenvalue weighted by atomic mass is 19.1. The van der Waals surface area contributed by atoms with Gasteiger partial charge in [-0.1, -0.05) is 32.6 Å². The number of likely N-dealkylation sites (N-methyl/N-ethyl adjacent to an activating group) is 1. The van der Waals surface area contributed by atoms with Gasteiger partial charge in [0.2, 0.25) is 18.1 Å². The highest BCUT2D eigenvalue weighted by Crippen LogP contribution is 2.31. The highest BCUT2D eigenvalue weighted by Gasteiger charge is 2.31. The van der Waals surface area contributed by atoms with Crippen molar-refractivity contribution in [3.05, 3.63) is 11.6 Å². The number of aromatic nitrogens is 2. The maximum absolute atomic E-state index is 15.5. The Balaban J connectivity index is 1.71. The van der Waals surface area contributed by atoms with Crippen LogP contribution in [0.25, 0.3) is 0 Å². The molecular formula is C23H38FN7O3. The molecule has 1 aromatic rings. The largest absolute Gasteiger partial charge is 0.350 e. The van der Waals surface area contributed by atoms with Crippen LogP contribution < -0.4 is 15.8 Å². The molecular weight excluding hydrogens is 441 g/mol. The first-order valence-corrected chi connectivity index (χ1v) is 12.3. The average Bonchev–Trinajstić information content (AvgIpc) is 3.50. The minimum Gasteiger partial charge on any atom is -0.350 e. The second kappa shape index (κ2) is 12.3. The van der Waals surface area contributed by atoms with E-state index in [2.05, 4.69) is 32.6 Å². The van der Waals surface area contributed by atoms with Crippen LogP contribution in [0.15, 0.2) is 0 Å². The van der Waals surface area contributed by atoms with Gasteiger partial charge in [-0.15, -0.1) is 0 Å². The lowest BCUT2D eigenvalue weighted by Gasteiger charge is -2.29. The number of hydroxylamine groups is 2. The van der Waals surface area contributed by atoms with E-state index in [0.29, 0.717) is 29.8 Å². The summed E-state index contributed by atoms with van der Waals surface area (Å²) in [4.78, 5) is 36.5. The van der Waals surface area contributed by atoms with E-state index in [1.165, 1.54) is 0 Å². The molecule has 34 heavy (non-hydrogen) atoms. The third-order valence-corrected chi connectivity index (χ3v) is 6.95. The van der Waals surface area contributed by atoms with Crippen molar-refractivity contribution in [1.29, 1.82) is 0 Å². The van der Waals surface area contributed by atoms with Gasteiger partial charge >= 0.3 is 0 Å². The zero-order chi connectivity index (χ0) is 24.7. The van der Waals surface area contributed by atoms with Gasteiger partial charge in [0.05, 0.1) is 12.5 Å². The Labute approximate surface area is 200 Å². The molecule has 0 aromatic carbocycles. The van der Waals surface area contributed by atoms with Gasteiger partial charge < -0.3 is 9.80 Å². The van der Waals surface area contributed by atoms with Crippen LogP contribution >= 0.6 is 0 Å². The molecule has 1 saturated carbocycles. The van der Waals surface area contributed by atoms with E-state index in [4.69, 9.17) is 0 Å². The number of halogens is 1. The van der Waals surface area contributed by atoms with Crippen molar-refractivity contribution in [2.75, 3.05) is 43.6 Å². The van der Waals surface area contributed by atoms with E-state index < -0.39 is 17.6 Å². The number of amides is 2. The van der Waals surface area contributed by atoms with Crippen molar-refractivity contribution >= 4 is 24.0 Å². The van der Waals surface area contributed by atoms with E-state index >= 15 is 4.39 Å². The fourth-order valence-electron chi connectivity index (χ4n) is 5.02. The van der Waals surface area contributed by atoms with Gasteiger partial charge in [-0.2, -0.15) is 4.39 Å². The smallest absolute Gasteiger partial charge is 0.243 e. The molecule has 0 radical (unpaired) electrons. The van der Waals surface area contributed by atoms with Crippen molar-refractivity contribution in [2.45, 2.75) is 64.8 Å². The molecule has 2 atom stereocenters. The first-order valence-electron chi connectivity index (χ1n) is 12.3. The molecule has 3 rings (SSSR count). The molecule has 2 amide bonds. The van der Waals surface area contributed by atoms with E-state index in [1.54, 1.807) is 6.92 Å². The van der Waals surface area contributed by atoms with Gasteiger partial charge in [0.1, 0.15) is 5.82 Å². The standard InChI is InChI=1S/C23H38FN7O3/c1-4-29(3)14-19-10-7-11-31(19)22-20(24)21(25-16(2)26-22)27-28-23(33)18(13-30(34)15-32)12-17-8-5-6-9-17/h15,17-19,34H,4-14H2,1-3H3,(H,28,33)(H,25,26,27)/t18-,19+/m1/s1. The fraction of sp³-hybridized carbons (Fsp3) is 0.739. The number of carbonyl (C=O) groups is 2. The second-order valence-electron chi connectivity index (χ2n) is 9.53. The van der Waals surface area contributed by atoms with Crippen LogP contribution in [0.3, 0.4) is 0 Å². The van der Waals surface area contributed by atoms with Crippen LogP contribution in [-0.4, -0.2) is 76.7 Å². The van der Waals surface area contributed by atoms with Crippen LogP contribution in [0.5, 0.6) is 0 Å². The Morgan fingerprint density at radius 3 is 2.71 bits per heavy atom. The molecule has 190 valence electrons. The molecule has 0 bridgehead atoms. The molecule has 2 heterocycles. The Morgan fingerprint density at radius 1 is 1.29 bits per heavy atom. The number of aryl methyl sites for hydroxylation is 1. The number of hydrogen-bond acceptors (Lipinski definition) is 8. The van der Waals surface area contributed by atoms with Crippen LogP contribution in [0.1, 0.15) is 57.7 Å². The summed E-state index contributed by atoms with van der Waals surface area (Å²) in [5.74, 6) is -0.748. The molecule has 0 unspecified atom stereocenters. The monoisotopic (exact) mass is 479 g/mol. The van der Waals surface area contributed by atoms with Gasteiger partial charge in [-0.05, 0) is 45.7 Å². The van der Waals surface area contributed by atoms with Crippen molar-refractivity contribution in [1.82, 2.24) is 25.4 Å². The molecule has 0 spiro atoms. The van der Waals surface area contributed by atoms with E-state index in [9.17, 15) is 14.8 Å². The lowest BCUT2D eigenvalue weighted by Crippen LogP contribution is -2.42. The quantitative estimate of drug-likeness (QED) is 0.238. The maximum atomic E-state index is 15.5. The number of carbonyl (C=O) groups excluding carboxylic acids is 2. The summed E-state index contributed by atoms with van der Waals surface area (Å²) in [5, 5.41) is 10.1. The van der Waals surface area contributed by atoms with Crippen molar-refractivity contribution < 1.29 is 19.2 Å². The lowest BCUT2D eigenvalue weighted by molar-refractivity contribution is -0.154. The number of hydrogen-bond donors (Lipinski definition) is 3. The van der Waals surface area contributed by atoms with Gasteiger partial charge in [0.15, 0.2) is 11.6 Å². The maximum Gasteiger partial charge on any atom is 0.243 e. The molecule has 2 aliphatic rings. The Bertz CT molecular complexity index is 837. The fourth-order valence-corrected chi connectivity index (χ4v) is 5.02. The zero-order valence-electron chi connectivity index (χ0n) is 20.5. The summed E-state index contributed by atoms with van der Waals surface area (Å²) in [6.45, 7) is 6.09. The normalized spacial score (nSPS) is 19.5. The van der Waals surface area contributed by atoms with Crippen molar-refractivity contribution in [3.63, 3.8) is 0 Å². The van der Waals surface area contributed by atoms with Crippen molar-refractivity contribution in [3.8, 4) is 0 Å². The van der Waals surface area contributed by atoms with Gasteiger partial charge in [-0.3, -0.25) is 25.6 Å². The number of nitrogens with one attached hydrogen (secondary N) is 2. The molecule has 1 saturated heterocycles. The first-order chi connectivity index (χ1) is 16.3. The zero-order valence-corrected chi connectivity index (χ0v) is 20.5. The minimum absolute atomic E-state index is 0.0961. The molecule has 11 heteroatoms. The minimum atomic E-state index is -0.621. The van der Waals surface area contributed by atoms with Gasteiger partial charge in [0.25, 0.3) is 0 Å². The first kappa shape index (κ1) is 26.1. The molecule has 1 aliphatic carbocycles. The Hall–Kier alpha value is -2.53. The summed E-state index contributed by atoms with van der Waals surface area (Å²) in [6, 6.07) is 0.158. The summed E-state index contributed by atoms with van der Waals surface area (Å²) in [5.41, 5.74) is 5.17. The average molecular weight is 480 g/mol. The second-order valence-corrected chi connectivity index (χ2v) is 9.53. The van der Waals surface area contributed by atoms with Crippen molar-refractivity contribution in [2.24, 2.45) is 11.8 Å². The molecule has 1 aromatic heterocycles. The number of hydrazine groups is 1. The van der Waals surface area contributed by atoms with E-state index in [1.807, 2.05) is 11.9 Å². The third kappa shape index (κ3) is 6.75. The summed E-state index contributed by atoms with van der Waals surface area (Å²) < 4.78 is 15.5. The van der Waals surface area contributed by atoms with Crippen LogP contribution in [0.4, 0.5) is 16.0 Å². The van der Waals surface area contributed by atoms with Gasteiger partial charge in [0, 0.05) is 19.1 Å². The highest BCUT2D eigenvalue weighted by molar-refractivity contribution is 5.80. The molecule has 3 N–H and O–H groups in total. The molecule has 10 nitrogen and oxygen atoms in total. The Kier molecular flexibility index (Phi) is 9.40. The molecule has 1 aliphatic heterocycles.